The molecular weight excluding hydrogens is 667 g/mol. The molecule has 1 saturated heterocycles. The third-order valence-electron chi connectivity index (χ3n) is 8.60. The minimum absolute atomic E-state index is 0.0674. The standard InChI is InChI=1S/C35H41N3O7S2Si/c1-6-25-22-38(33(40)36-32(25)39)31-21-29(45-34(41)37-47(42,43)26-19-17-24(2)18-20-26)30(46-31)23-44-48(35(3,4)5,27-13-9-7-10-14-27)28-15-11-8-12-16-28/h7-20,22,29-31H,6,21,23H2,1-5H3,(H,37,41)(H,36,39,40)/t29-,30+,31+/m0/s1. The summed E-state index contributed by atoms with van der Waals surface area (Å²) in [5.41, 5.74) is 0.301. The van der Waals surface area contributed by atoms with Crippen molar-refractivity contribution in [3.05, 3.63) is 123 Å². The van der Waals surface area contributed by atoms with Gasteiger partial charge in [-0.1, -0.05) is 106 Å². The van der Waals surface area contributed by atoms with Crippen molar-refractivity contribution in [3.63, 3.8) is 0 Å². The van der Waals surface area contributed by atoms with Crippen molar-refractivity contribution in [1.82, 2.24) is 14.3 Å². The number of aromatic nitrogens is 2. The maximum absolute atomic E-state index is 13.2. The fraction of sp³-hybridized carbons (Fsp3) is 0.343. The van der Waals surface area contributed by atoms with Gasteiger partial charge in [-0.15, -0.1) is 11.8 Å². The van der Waals surface area contributed by atoms with Gasteiger partial charge in [0.25, 0.3) is 23.9 Å². The quantitative estimate of drug-likeness (QED) is 0.231. The highest BCUT2D eigenvalue weighted by atomic mass is 32.2. The van der Waals surface area contributed by atoms with Gasteiger partial charge < -0.3 is 9.16 Å². The molecule has 1 fully saturated rings. The number of hydrogen-bond acceptors (Lipinski definition) is 8. The first-order valence-electron chi connectivity index (χ1n) is 15.8. The number of rotatable bonds is 10. The Bertz CT molecular complexity index is 1920. The minimum Gasteiger partial charge on any atom is -0.444 e. The lowest BCUT2D eigenvalue weighted by molar-refractivity contribution is 0.0886. The van der Waals surface area contributed by atoms with E-state index in [0.717, 1.165) is 15.9 Å². The summed E-state index contributed by atoms with van der Waals surface area (Å²) in [4.78, 5) is 40.8. The van der Waals surface area contributed by atoms with E-state index in [1.54, 1.807) is 18.3 Å². The van der Waals surface area contributed by atoms with Gasteiger partial charge in [0.05, 0.1) is 22.1 Å². The third kappa shape index (κ3) is 7.38. The number of thioether (sulfide) groups is 1. The molecule has 0 spiro atoms. The second-order valence-electron chi connectivity index (χ2n) is 12.9. The van der Waals surface area contributed by atoms with Crippen molar-refractivity contribution in [2.75, 3.05) is 6.61 Å². The van der Waals surface area contributed by atoms with Crippen LogP contribution in [0.25, 0.3) is 0 Å². The first kappa shape index (κ1) is 35.4. The Kier molecular flexibility index (Phi) is 10.5. The summed E-state index contributed by atoms with van der Waals surface area (Å²) >= 11 is 1.39. The molecule has 1 amide bonds. The van der Waals surface area contributed by atoms with E-state index in [0.29, 0.717) is 12.0 Å². The predicted molar refractivity (Wildman–Crippen MR) is 191 cm³/mol. The molecule has 2 heterocycles. The molecule has 0 aliphatic carbocycles. The normalized spacial score (nSPS) is 18.4. The zero-order valence-electron chi connectivity index (χ0n) is 27.6. The number of carbonyl (C=O) groups is 1. The second-order valence-corrected chi connectivity index (χ2v) is 20.3. The van der Waals surface area contributed by atoms with Gasteiger partial charge in [-0.2, -0.15) is 0 Å². The van der Waals surface area contributed by atoms with E-state index in [1.165, 1.54) is 28.5 Å². The van der Waals surface area contributed by atoms with Gasteiger partial charge in [-0.3, -0.25) is 14.3 Å². The van der Waals surface area contributed by atoms with E-state index in [1.807, 2.05) is 55.0 Å². The number of carbonyl (C=O) groups excluding carboxylic acids is 1. The molecule has 3 atom stereocenters. The summed E-state index contributed by atoms with van der Waals surface area (Å²) in [6.45, 7) is 10.3. The molecule has 0 bridgehead atoms. The maximum atomic E-state index is 13.2. The highest BCUT2D eigenvalue weighted by molar-refractivity contribution is 8.00. The zero-order valence-corrected chi connectivity index (χ0v) is 30.3. The number of benzene rings is 3. The molecule has 5 rings (SSSR count). The number of ether oxygens (including phenoxy) is 1. The molecule has 1 aliphatic heterocycles. The zero-order chi connectivity index (χ0) is 34.7. The van der Waals surface area contributed by atoms with Crippen LogP contribution in [0.5, 0.6) is 0 Å². The van der Waals surface area contributed by atoms with Gasteiger partial charge >= 0.3 is 11.8 Å². The van der Waals surface area contributed by atoms with E-state index in [9.17, 15) is 22.8 Å². The topological polar surface area (TPSA) is 137 Å². The predicted octanol–water partition coefficient (Wildman–Crippen LogP) is 4.47. The lowest BCUT2D eigenvalue weighted by atomic mass is 10.2. The highest BCUT2D eigenvalue weighted by Crippen LogP contribution is 2.44. The molecule has 13 heteroatoms. The van der Waals surface area contributed by atoms with Crippen LogP contribution in [0.1, 0.15) is 50.6 Å². The second kappa shape index (κ2) is 14.3. The average molecular weight is 708 g/mol. The largest absolute Gasteiger partial charge is 0.444 e. The van der Waals surface area contributed by atoms with Gasteiger partial charge in [-0.25, -0.2) is 22.7 Å². The summed E-state index contributed by atoms with van der Waals surface area (Å²) in [5, 5.41) is 0.839. The first-order chi connectivity index (χ1) is 22.7. The Labute approximate surface area is 286 Å². The lowest BCUT2D eigenvalue weighted by Gasteiger charge is -2.43. The average Bonchev–Trinajstić information content (AvgIpc) is 3.43. The molecule has 1 aliphatic rings. The molecule has 10 nitrogen and oxygen atoms in total. The van der Waals surface area contributed by atoms with Crippen LogP contribution >= 0.6 is 11.8 Å². The molecule has 0 saturated carbocycles. The van der Waals surface area contributed by atoms with Gasteiger partial charge in [0, 0.05) is 18.2 Å². The van der Waals surface area contributed by atoms with Crippen molar-refractivity contribution in [1.29, 1.82) is 0 Å². The van der Waals surface area contributed by atoms with Crippen LogP contribution in [0.15, 0.2) is 106 Å². The maximum Gasteiger partial charge on any atom is 0.421 e. The molecule has 0 unspecified atom stereocenters. The summed E-state index contributed by atoms with van der Waals surface area (Å²) in [7, 11) is -7.19. The van der Waals surface area contributed by atoms with Gasteiger partial charge in [-0.05, 0) is 40.9 Å². The van der Waals surface area contributed by atoms with Crippen LogP contribution in [-0.4, -0.2) is 50.3 Å². The number of hydrogen-bond donors (Lipinski definition) is 2. The summed E-state index contributed by atoms with van der Waals surface area (Å²) in [6.07, 6.45) is 0.207. The summed E-state index contributed by atoms with van der Waals surface area (Å²) in [5.74, 6) is 0. The number of nitrogens with zero attached hydrogens (tertiary/aromatic N) is 1. The fourth-order valence-electron chi connectivity index (χ4n) is 6.15. The lowest BCUT2D eigenvalue weighted by Crippen LogP contribution is -2.67. The van der Waals surface area contributed by atoms with Crippen LogP contribution < -0.4 is 26.3 Å². The van der Waals surface area contributed by atoms with E-state index in [2.05, 4.69) is 50.0 Å². The van der Waals surface area contributed by atoms with E-state index >= 15 is 0 Å². The van der Waals surface area contributed by atoms with Crippen molar-refractivity contribution < 1.29 is 22.4 Å². The number of amides is 1. The molecule has 254 valence electrons. The van der Waals surface area contributed by atoms with Crippen molar-refractivity contribution in [3.8, 4) is 0 Å². The van der Waals surface area contributed by atoms with Crippen LogP contribution in [0.3, 0.4) is 0 Å². The number of sulfonamides is 1. The number of aromatic amines is 1. The number of nitrogens with one attached hydrogen (secondary N) is 2. The molecule has 3 aromatic carbocycles. The molecule has 2 N–H and O–H groups in total. The van der Waals surface area contributed by atoms with Crippen LogP contribution in [0.2, 0.25) is 5.04 Å². The third-order valence-corrected chi connectivity index (χ3v) is 16.5. The first-order valence-corrected chi connectivity index (χ1v) is 20.1. The Morgan fingerprint density at radius 1 is 0.979 bits per heavy atom. The summed E-state index contributed by atoms with van der Waals surface area (Å²) in [6, 6.07) is 26.4. The Morgan fingerprint density at radius 2 is 1.56 bits per heavy atom. The Morgan fingerprint density at radius 3 is 2.10 bits per heavy atom. The number of H-pyrrole nitrogens is 1. The van der Waals surface area contributed by atoms with Gasteiger partial charge in [0.1, 0.15) is 6.10 Å². The smallest absolute Gasteiger partial charge is 0.421 e. The van der Waals surface area contributed by atoms with Crippen LogP contribution in [0, 0.1) is 6.92 Å². The molecule has 4 aromatic rings. The number of aryl methyl sites for hydroxylation is 2. The molecule has 48 heavy (non-hydrogen) atoms. The van der Waals surface area contributed by atoms with E-state index in [4.69, 9.17) is 9.16 Å². The van der Waals surface area contributed by atoms with Crippen LogP contribution in [0.4, 0.5) is 4.79 Å². The summed E-state index contributed by atoms with van der Waals surface area (Å²) < 4.78 is 42.5. The van der Waals surface area contributed by atoms with Gasteiger partial charge in [0.15, 0.2) is 0 Å². The minimum atomic E-state index is -4.20. The van der Waals surface area contributed by atoms with Crippen LogP contribution in [-0.2, 0) is 25.6 Å². The molecule has 0 radical (unpaired) electrons. The van der Waals surface area contributed by atoms with E-state index in [-0.39, 0.29) is 23.0 Å². The SMILES string of the molecule is CCc1cn([C@H]2C[C@H](OC(=O)NS(=O)(=O)c3ccc(C)cc3)[C@@H](CO[Si](c3ccccc3)(c3ccccc3)C(C)(C)C)S2)c(=O)[nH]c1=O. The monoisotopic (exact) mass is 707 g/mol. The van der Waals surface area contributed by atoms with Crippen molar-refractivity contribution in [2.45, 2.75) is 74.1 Å². The van der Waals surface area contributed by atoms with E-state index < -0.39 is 52.4 Å². The Hall–Kier alpha value is -3.91. The van der Waals surface area contributed by atoms with Gasteiger partial charge in [0.2, 0.25) is 0 Å². The van der Waals surface area contributed by atoms with Crippen molar-refractivity contribution in [2.24, 2.45) is 0 Å². The van der Waals surface area contributed by atoms with Crippen molar-refractivity contribution >= 4 is 46.6 Å². The highest BCUT2D eigenvalue weighted by Gasteiger charge is 2.51. The molecule has 1 aromatic heterocycles. The fourth-order valence-corrected chi connectivity index (χ4v) is 13.2. The Balaban J connectivity index is 1.49. The molecular formula is C35H41N3O7S2Si.